The minimum atomic E-state index is -0.271. The molecule has 13 heavy (non-hydrogen) atoms. The van der Waals surface area contributed by atoms with Gasteiger partial charge in [0.2, 0.25) is 0 Å². The van der Waals surface area contributed by atoms with Gasteiger partial charge in [-0.3, -0.25) is 4.79 Å². The van der Waals surface area contributed by atoms with E-state index in [2.05, 4.69) is 0 Å². The summed E-state index contributed by atoms with van der Waals surface area (Å²) in [5.74, 6) is 1.06. The van der Waals surface area contributed by atoms with Crippen LogP contribution in [0.25, 0.3) is 0 Å². The van der Waals surface area contributed by atoms with Crippen LogP contribution >= 0.6 is 0 Å². The molecule has 1 aliphatic carbocycles. The predicted molar refractivity (Wildman–Crippen MR) is 47.5 cm³/mol. The van der Waals surface area contributed by atoms with E-state index in [1.807, 2.05) is 0 Å². The summed E-state index contributed by atoms with van der Waals surface area (Å²) in [4.78, 5) is 11.5. The third-order valence-corrected chi connectivity index (χ3v) is 2.67. The van der Waals surface area contributed by atoms with E-state index in [4.69, 9.17) is 9.47 Å². The zero-order valence-electron chi connectivity index (χ0n) is 7.83. The van der Waals surface area contributed by atoms with Crippen molar-refractivity contribution in [3.05, 3.63) is 0 Å². The zero-order valence-corrected chi connectivity index (χ0v) is 7.83. The summed E-state index contributed by atoms with van der Waals surface area (Å²) in [6, 6.07) is 0. The van der Waals surface area contributed by atoms with Crippen LogP contribution in [0.4, 0.5) is 0 Å². The molecule has 1 aliphatic heterocycles. The average molecular weight is 184 g/mol. The van der Waals surface area contributed by atoms with E-state index in [0.29, 0.717) is 26.2 Å². The topological polar surface area (TPSA) is 35.5 Å². The molecule has 0 bridgehead atoms. The van der Waals surface area contributed by atoms with Gasteiger partial charge in [-0.1, -0.05) is 12.8 Å². The first kappa shape index (κ1) is 9.16. The molecule has 1 unspecified atom stereocenters. The van der Waals surface area contributed by atoms with Crippen LogP contribution in [-0.4, -0.2) is 31.7 Å². The molecular formula is C10H16O3. The van der Waals surface area contributed by atoms with Crippen LogP contribution in [0.3, 0.4) is 0 Å². The first-order valence-electron chi connectivity index (χ1n) is 5.08. The molecule has 0 N–H and O–H groups in total. The van der Waals surface area contributed by atoms with Gasteiger partial charge in [0.25, 0.3) is 0 Å². The maximum atomic E-state index is 11.5. The number of ether oxygens (including phenoxy) is 2. The van der Waals surface area contributed by atoms with Crippen LogP contribution in [-0.2, 0) is 14.3 Å². The van der Waals surface area contributed by atoms with Crippen molar-refractivity contribution in [2.75, 3.05) is 19.8 Å². The Labute approximate surface area is 78.4 Å². The lowest BCUT2D eigenvalue weighted by molar-refractivity contribution is -0.145. The Morgan fingerprint density at radius 1 is 1.31 bits per heavy atom. The number of carbonyl (C=O) groups excluding carboxylic acids is 1. The van der Waals surface area contributed by atoms with Gasteiger partial charge in [0, 0.05) is 6.42 Å². The molecule has 0 aromatic rings. The van der Waals surface area contributed by atoms with Crippen molar-refractivity contribution < 1.29 is 14.3 Å². The van der Waals surface area contributed by atoms with Gasteiger partial charge in [-0.15, -0.1) is 0 Å². The minimum Gasteiger partial charge on any atom is -0.376 e. The molecule has 0 aromatic carbocycles. The molecule has 0 aromatic heterocycles. The average Bonchev–Trinajstić information content (AvgIpc) is 2.99. The molecule has 0 radical (unpaired) electrons. The molecule has 1 saturated heterocycles. The highest BCUT2D eigenvalue weighted by Crippen LogP contribution is 2.33. The summed E-state index contributed by atoms with van der Waals surface area (Å²) in [5.41, 5.74) is 0. The summed E-state index contributed by atoms with van der Waals surface area (Å²) in [6.45, 7) is 1.66. The second-order valence-electron chi connectivity index (χ2n) is 3.88. The van der Waals surface area contributed by atoms with Crippen LogP contribution < -0.4 is 0 Å². The van der Waals surface area contributed by atoms with E-state index in [1.165, 1.54) is 12.8 Å². The van der Waals surface area contributed by atoms with Crippen LogP contribution in [0, 0.1) is 5.92 Å². The number of ketones is 1. The van der Waals surface area contributed by atoms with Gasteiger partial charge >= 0.3 is 0 Å². The predicted octanol–water partition coefficient (Wildman–Crippen LogP) is 1.16. The Hall–Kier alpha value is -0.410. The monoisotopic (exact) mass is 184 g/mol. The molecule has 1 heterocycles. The van der Waals surface area contributed by atoms with E-state index in [9.17, 15) is 4.79 Å². The fourth-order valence-corrected chi connectivity index (χ4v) is 1.59. The van der Waals surface area contributed by atoms with Crippen LogP contribution in [0.5, 0.6) is 0 Å². The van der Waals surface area contributed by atoms with Gasteiger partial charge in [-0.25, -0.2) is 0 Å². The van der Waals surface area contributed by atoms with Crippen molar-refractivity contribution in [1.82, 2.24) is 0 Å². The van der Waals surface area contributed by atoms with Gasteiger partial charge in [0.15, 0.2) is 5.78 Å². The Morgan fingerprint density at radius 3 is 2.77 bits per heavy atom. The highest BCUT2D eigenvalue weighted by Gasteiger charge is 2.26. The second-order valence-corrected chi connectivity index (χ2v) is 3.88. The molecule has 0 spiro atoms. The van der Waals surface area contributed by atoms with Crippen LogP contribution in [0.15, 0.2) is 0 Å². The molecule has 3 nitrogen and oxygen atoms in total. The van der Waals surface area contributed by atoms with E-state index in [0.717, 1.165) is 12.3 Å². The quantitative estimate of drug-likeness (QED) is 0.657. The summed E-state index contributed by atoms with van der Waals surface area (Å²) in [5, 5.41) is 0. The largest absolute Gasteiger partial charge is 0.376 e. The number of hydrogen-bond acceptors (Lipinski definition) is 3. The van der Waals surface area contributed by atoms with Gasteiger partial charge in [0.05, 0.1) is 19.8 Å². The molecule has 74 valence electrons. The lowest BCUT2D eigenvalue weighted by atomic mass is 10.1. The third-order valence-electron chi connectivity index (χ3n) is 2.67. The lowest BCUT2D eigenvalue weighted by Crippen LogP contribution is -2.35. The SMILES string of the molecule is O=C(CCC1CC1)C1COCCO1. The third kappa shape index (κ3) is 2.78. The molecule has 2 aliphatic rings. The first-order valence-corrected chi connectivity index (χ1v) is 5.08. The van der Waals surface area contributed by atoms with Crippen molar-refractivity contribution in [1.29, 1.82) is 0 Å². The lowest BCUT2D eigenvalue weighted by Gasteiger charge is -2.21. The molecule has 1 saturated carbocycles. The van der Waals surface area contributed by atoms with Gasteiger partial charge in [-0.2, -0.15) is 0 Å². The summed E-state index contributed by atoms with van der Waals surface area (Å²) in [7, 11) is 0. The fourth-order valence-electron chi connectivity index (χ4n) is 1.59. The highest BCUT2D eigenvalue weighted by atomic mass is 16.6. The van der Waals surface area contributed by atoms with E-state index < -0.39 is 0 Å². The van der Waals surface area contributed by atoms with Crippen molar-refractivity contribution in [2.45, 2.75) is 31.8 Å². The van der Waals surface area contributed by atoms with E-state index in [1.54, 1.807) is 0 Å². The molecular weight excluding hydrogens is 168 g/mol. The maximum absolute atomic E-state index is 11.5. The molecule has 1 atom stereocenters. The number of hydrogen-bond donors (Lipinski definition) is 0. The van der Waals surface area contributed by atoms with E-state index in [-0.39, 0.29) is 11.9 Å². The Kier molecular flexibility index (Phi) is 2.96. The summed E-state index contributed by atoms with van der Waals surface area (Å²) in [6.07, 6.45) is 4.09. The smallest absolute Gasteiger partial charge is 0.163 e. The van der Waals surface area contributed by atoms with Crippen LogP contribution in [0.2, 0.25) is 0 Å². The van der Waals surface area contributed by atoms with Gasteiger partial charge < -0.3 is 9.47 Å². The minimum absolute atomic E-state index is 0.228. The molecule has 3 heteroatoms. The number of carbonyl (C=O) groups is 1. The van der Waals surface area contributed by atoms with Gasteiger partial charge in [-0.05, 0) is 12.3 Å². The molecule has 2 fully saturated rings. The standard InChI is InChI=1S/C10H16O3/c11-9(4-3-8-1-2-8)10-7-12-5-6-13-10/h8,10H,1-7H2. The Bertz CT molecular complexity index is 181. The number of rotatable bonds is 4. The van der Waals surface area contributed by atoms with Crippen molar-refractivity contribution in [3.8, 4) is 0 Å². The molecule has 0 amide bonds. The van der Waals surface area contributed by atoms with Crippen molar-refractivity contribution >= 4 is 5.78 Å². The first-order chi connectivity index (χ1) is 6.36. The van der Waals surface area contributed by atoms with Crippen LogP contribution in [0.1, 0.15) is 25.7 Å². The van der Waals surface area contributed by atoms with Gasteiger partial charge in [0.1, 0.15) is 6.10 Å². The Balaban J connectivity index is 1.67. The summed E-state index contributed by atoms with van der Waals surface area (Å²) >= 11 is 0. The van der Waals surface area contributed by atoms with Crippen molar-refractivity contribution in [2.24, 2.45) is 5.92 Å². The number of Topliss-reactive ketones (excluding diaryl/α,β-unsaturated/α-hetero) is 1. The highest BCUT2D eigenvalue weighted by molar-refractivity contribution is 5.83. The second kappa shape index (κ2) is 4.20. The Morgan fingerprint density at radius 2 is 2.15 bits per heavy atom. The fraction of sp³-hybridized carbons (Fsp3) is 0.900. The molecule has 2 rings (SSSR count). The maximum Gasteiger partial charge on any atom is 0.163 e. The van der Waals surface area contributed by atoms with E-state index >= 15 is 0 Å². The summed E-state index contributed by atoms with van der Waals surface area (Å²) < 4.78 is 10.5. The zero-order chi connectivity index (χ0) is 9.10. The normalized spacial score (nSPS) is 28.8. The van der Waals surface area contributed by atoms with Crippen molar-refractivity contribution in [3.63, 3.8) is 0 Å².